The second-order valence-corrected chi connectivity index (χ2v) is 17.0. The van der Waals surface area contributed by atoms with Crippen LogP contribution in [-0.4, -0.2) is 41.5 Å². The van der Waals surface area contributed by atoms with Gasteiger partial charge < -0.3 is 119 Å². The molecule has 1 aliphatic carbocycles. The zero-order chi connectivity index (χ0) is 35.1. The van der Waals surface area contributed by atoms with Gasteiger partial charge in [0.15, 0.2) is 0 Å². The van der Waals surface area contributed by atoms with E-state index in [4.69, 9.17) is 0 Å². The number of rotatable bonds is 16. The van der Waals surface area contributed by atoms with Crippen molar-refractivity contribution in [3.05, 3.63) is 0 Å². The number of hydrogen-bond donors (Lipinski definition) is 1. The molecule has 8 atom stereocenters. The van der Waals surface area contributed by atoms with Crippen molar-refractivity contribution in [2.75, 3.05) is 0 Å². The van der Waals surface area contributed by atoms with Crippen LogP contribution in [0.4, 0.5) is 0 Å². The molecule has 1 rings (SSSR count). The molecule has 38 heteroatoms. The molecule has 0 amide bonds. The lowest BCUT2D eigenvalue weighted by Gasteiger charge is -2.55. The highest BCUT2D eigenvalue weighted by Crippen LogP contribution is 2.60. The summed E-state index contributed by atoms with van der Waals surface area (Å²) in [5, 5.41) is 0. The van der Waals surface area contributed by atoms with E-state index in [9.17, 15) is 105 Å². The fourth-order valence-corrected chi connectivity index (χ4v) is 8.56. The molecular formula is C6H7O30P8-13. The lowest BCUT2D eigenvalue weighted by Crippen LogP contribution is -2.67. The number of phosphoric acid groups is 8. The summed E-state index contributed by atoms with van der Waals surface area (Å²) in [5.74, 6) is 0. The Morgan fingerprint density at radius 2 is 0.568 bits per heavy atom. The van der Waals surface area contributed by atoms with Gasteiger partial charge in [-0.15, -0.1) is 0 Å². The minimum atomic E-state index is -7.09. The second kappa shape index (κ2) is 14.4. The highest BCUT2D eigenvalue weighted by molar-refractivity contribution is 7.59. The molecule has 44 heavy (non-hydrogen) atoms. The molecule has 0 spiro atoms. The summed E-state index contributed by atoms with van der Waals surface area (Å²) >= 11 is 0. The Kier molecular flexibility index (Phi) is 14.1. The molecule has 1 aliphatic rings. The molecule has 0 bridgehead atoms. The van der Waals surface area contributed by atoms with Crippen molar-refractivity contribution in [2.45, 2.75) is 36.6 Å². The van der Waals surface area contributed by atoms with E-state index in [0.29, 0.717) is 0 Å². The van der Waals surface area contributed by atoms with Gasteiger partial charge in [0.25, 0.3) is 7.82 Å². The molecule has 0 aliphatic heterocycles. The maximum atomic E-state index is 12.1. The van der Waals surface area contributed by atoms with Gasteiger partial charge in [0.05, 0.1) is 46.9 Å². The van der Waals surface area contributed by atoms with Gasteiger partial charge in [-0.05, 0) is 0 Å². The third-order valence-electron chi connectivity index (χ3n) is 3.85. The third kappa shape index (κ3) is 16.9. The van der Waals surface area contributed by atoms with E-state index < -0.39 is 99.2 Å². The summed E-state index contributed by atoms with van der Waals surface area (Å²) in [4.78, 5) is 155. The molecule has 0 saturated heterocycles. The van der Waals surface area contributed by atoms with Crippen LogP contribution in [0.2, 0.25) is 0 Å². The van der Waals surface area contributed by atoms with Gasteiger partial charge in [0.2, 0.25) is 0 Å². The molecule has 30 nitrogen and oxygen atoms in total. The standard InChI is InChI=1S/C6H20O30P8/c7-37(8,9)29-1-2(30-38(10,11)12)5(33-43(25,26)35-41(19,20)21)4(32-40(16,17)18)6(3(1)31-39(13,14)15)34-44(27,28)36-42(22,23)24/h1-6H,(H,25,26)(H,27,28)(H2,7,8,9)(H2,10,11,12)(H2,13,14,15)(H2,16,17,18)(H2,19,20,21)(H2,22,23,24)/p-13/t1-,2-,3-,4-,5+,6-/m1/s1. The third-order valence-corrected chi connectivity index (χ3v) is 10.1. The Morgan fingerprint density at radius 3 is 0.795 bits per heavy atom. The Balaban J connectivity index is 4.23. The van der Waals surface area contributed by atoms with Crippen LogP contribution >= 0.6 is 62.6 Å². The second-order valence-electron chi connectivity index (χ2n) is 7.18. The van der Waals surface area contributed by atoms with Crippen LogP contribution in [0.25, 0.3) is 0 Å². The molecule has 0 aromatic heterocycles. The van der Waals surface area contributed by atoms with Crippen molar-refractivity contribution in [1.29, 1.82) is 0 Å². The number of hydrogen-bond acceptors (Lipinski definition) is 29. The van der Waals surface area contributed by atoms with Gasteiger partial charge in [-0.25, -0.2) is 4.57 Å². The first-order valence-electron chi connectivity index (χ1n) is 9.27. The molecule has 0 radical (unpaired) electrons. The smallest absolute Gasteiger partial charge is 0.476 e. The van der Waals surface area contributed by atoms with E-state index in [0.717, 1.165) is 0 Å². The molecule has 1 N–H and O–H groups in total. The van der Waals surface area contributed by atoms with E-state index in [-0.39, 0.29) is 0 Å². The lowest BCUT2D eigenvalue weighted by molar-refractivity contribution is -0.378. The maximum Gasteiger partial charge on any atom is 0.476 e. The van der Waals surface area contributed by atoms with Crippen LogP contribution in [0, 0.1) is 0 Å². The summed E-state index contributed by atoms with van der Waals surface area (Å²) in [6.07, 6.45) is -23.4. The van der Waals surface area contributed by atoms with Crippen molar-refractivity contribution in [3.8, 4) is 0 Å². The average Bonchev–Trinajstić information content (AvgIpc) is 2.62. The van der Waals surface area contributed by atoms with Crippen LogP contribution in [0.5, 0.6) is 0 Å². The fraction of sp³-hybridized carbons (Fsp3) is 1.00. The molecule has 0 aromatic rings. The van der Waals surface area contributed by atoms with Crippen LogP contribution in [0.15, 0.2) is 0 Å². The zero-order valence-electron chi connectivity index (χ0n) is 19.3. The average molecular weight is 807 g/mol. The van der Waals surface area contributed by atoms with Gasteiger partial charge in [0.1, 0.15) is 36.6 Å². The Morgan fingerprint density at radius 1 is 0.341 bits per heavy atom. The van der Waals surface area contributed by atoms with Crippen molar-refractivity contribution in [3.63, 3.8) is 0 Å². The van der Waals surface area contributed by atoms with Gasteiger partial charge in [-0.3, -0.25) is 17.7 Å². The summed E-state index contributed by atoms with van der Waals surface area (Å²) in [6, 6.07) is 0. The van der Waals surface area contributed by atoms with E-state index in [2.05, 4.69) is 35.8 Å². The van der Waals surface area contributed by atoms with Crippen molar-refractivity contribution >= 4 is 62.6 Å². The van der Waals surface area contributed by atoms with E-state index in [1.807, 2.05) is 0 Å². The van der Waals surface area contributed by atoms with Crippen molar-refractivity contribution in [2.24, 2.45) is 0 Å². The molecule has 0 aromatic carbocycles. The SMILES string of the molecule is O=P([O-])([O-])O[C@@H]1[C@@H](OP(=O)([O-])[O-])[C@H](OP(=O)([O-])OP(=O)([O-])[O-])[C@@H](OP(=O)([O-])[O-])[C@H](OP(=O)(O)OP(=O)([O-])[O-])[C@@H]1OP(=O)([O-])[O-]. The van der Waals surface area contributed by atoms with E-state index >= 15 is 0 Å². The normalized spacial score (nSPS) is 29.1. The van der Waals surface area contributed by atoms with Crippen LogP contribution in [-0.2, 0) is 72.3 Å². The minimum Gasteiger partial charge on any atom is -0.790 e. The molecule has 1 saturated carbocycles. The summed E-state index contributed by atoms with van der Waals surface area (Å²) in [6.45, 7) is 0. The summed E-state index contributed by atoms with van der Waals surface area (Å²) in [7, 11) is -55.3. The first-order valence-corrected chi connectivity index (χ1v) is 21.0. The molecule has 0 heterocycles. The maximum absolute atomic E-state index is 12.1. The Hall–Kier alpha value is 0.960. The molecular weight excluding hydrogens is 800 g/mol. The van der Waals surface area contributed by atoms with Gasteiger partial charge in [-0.2, -0.15) is 0 Å². The highest BCUT2D eigenvalue weighted by atomic mass is 31.3. The first kappa shape index (κ1) is 43.0. The topological polar surface area (TPSA) is 530 Å². The molecule has 1 fully saturated rings. The summed E-state index contributed by atoms with van der Waals surface area (Å²) in [5.41, 5.74) is 0. The van der Waals surface area contributed by atoms with Gasteiger partial charge in [-0.1, -0.05) is 0 Å². The van der Waals surface area contributed by atoms with Gasteiger partial charge >= 0.3 is 7.82 Å². The van der Waals surface area contributed by atoms with Crippen LogP contribution in [0.3, 0.4) is 0 Å². The largest absolute Gasteiger partial charge is 0.790 e. The fourth-order valence-electron chi connectivity index (χ4n) is 3.03. The Labute approximate surface area is 240 Å². The van der Waals surface area contributed by atoms with Gasteiger partial charge in [0, 0.05) is 0 Å². The highest BCUT2D eigenvalue weighted by Gasteiger charge is 2.59. The molecule has 264 valence electrons. The zero-order valence-corrected chi connectivity index (χ0v) is 26.5. The Bertz CT molecular complexity index is 1310. The van der Waals surface area contributed by atoms with E-state index in [1.54, 1.807) is 0 Å². The molecule has 2 unspecified atom stereocenters. The summed E-state index contributed by atoms with van der Waals surface area (Å²) < 4.78 is 119. The predicted molar refractivity (Wildman–Crippen MR) is 94.5 cm³/mol. The van der Waals surface area contributed by atoms with Crippen molar-refractivity contribution in [1.82, 2.24) is 0 Å². The van der Waals surface area contributed by atoms with Crippen LogP contribution < -0.4 is 63.6 Å². The minimum absolute atomic E-state index is 2.91. The monoisotopic (exact) mass is 807 g/mol. The number of phosphoric ester groups is 6. The predicted octanol–water partition coefficient (Wildman–Crippen LogP) is -11.1. The lowest BCUT2D eigenvalue weighted by atomic mass is 9.85. The van der Waals surface area contributed by atoms with Crippen LogP contribution in [0.1, 0.15) is 0 Å². The van der Waals surface area contributed by atoms with E-state index in [1.165, 1.54) is 0 Å². The first-order chi connectivity index (χ1) is 19.0. The van der Waals surface area contributed by atoms with Crippen molar-refractivity contribution < 1.29 is 141 Å². The quantitative estimate of drug-likeness (QED) is 0.141.